The van der Waals surface area contributed by atoms with Gasteiger partial charge in [-0.05, 0) is 105 Å². The topological polar surface area (TPSA) is 89.4 Å². The Labute approximate surface area is 278 Å². The molecule has 256 valence electrons. The summed E-state index contributed by atoms with van der Waals surface area (Å²) in [5, 5.41) is 22.9. The van der Waals surface area contributed by atoms with Gasteiger partial charge in [0, 0.05) is 25.8 Å². The minimum absolute atomic E-state index is 0. The number of aliphatic hydroxyl groups excluding tert-OH is 2. The smallest absolute Gasteiger partial charge is 0.119 e. The summed E-state index contributed by atoms with van der Waals surface area (Å²) in [5.41, 5.74) is 2.52. The summed E-state index contributed by atoms with van der Waals surface area (Å²) in [4.78, 5) is 0. The zero-order valence-corrected chi connectivity index (χ0v) is 28.9. The van der Waals surface area contributed by atoms with Gasteiger partial charge in [-0.15, -0.1) is 12.4 Å². The zero-order valence-electron chi connectivity index (χ0n) is 28.1. The Hall–Kier alpha value is -1.87. The Balaban J connectivity index is 0.000000307. The predicted octanol–water partition coefficient (Wildman–Crippen LogP) is 6.65. The molecule has 4 rings (SSSR count). The van der Waals surface area contributed by atoms with Crippen LogP contribution in [0, 0.1) is 17.8 Å². The first-order valence-electron chi connectivity index (χ1n) is 16.9. The number of ether oxygens (including phenoxy) is 4. The Kier molecular flexibility index (Phi) is 19.8. The lowest BCUT2D eigenvalue weighted by Crippen LogP contribution is -2.35. The molecule has 45 heavy (non-hydrogen) atoms. The molecule has 0 saturated heterocycles. The first kappa shape index (κ1) is 39.3. The molecule has 2 aliphatic rings. The molecule has 0 bridgehead atoms. The lowest BCUT2D eigenvalue weighted by molar-refractivity contribution is 0.0950. The fraction of sp³-hybridized carbons (Fsp3) is 0.676. The van der Waals surface area contributed by atoms with Crippen molar-refractivity contribution in [3.05, 3.63) is 59.7 Å². The number of halogens is 1. The van der Waals surface area contributed by atoms with E-state index < -0.39 is 6.10 Å². The van der Waals surface area contributed by atoms with Gasteiger partial charge in [0.25, 0.3) is 0 Å². The van der Waals surface area contributed by atoms with Crippen LogP contribution in [-0.2, 0) is 22.3 Å². The average Bonchev–Trinajstić information content (AvgIpc) is 3.95. The second-order valence-electron chi connectivity index (χ2n) is 13.3. The summed E-state index contributed by atoms with van der Waals surface area (Å²) in [6, 6.07) is 16.5. The molecule has 0 amide bonds. The van der Waals surface area contributed by atoms with Gasteiger partial charge in [0.05, 0.1) is 19.3 Å². The molecule has 2 aromatic rings. The maximum atomic E-state index is 9.87. The van der Waals surface area contributed by atoms with Gasteiger partial charge in [-0.1, -0.05) is 52.0 Å². The van der Waals surface area contributed by atoms with E-state index in [9.17, 15) is 10.2 Å². The van der Waals surface area contributed by atoms with E-state index >= 15 is 0 Å². The number of rotatable bonds is 22. The second-order valence-corrected chi connectivity index (χ2v) is 13.3. The molecule has 7 nitrogen and oxygen atoms in total. The van der Waals surface area contributed by atoms with Gasteiger partial charge < -0.3 is 34.5 Å². The summed E-state index contributed by atoms with van der Waals surface area (Å²) in [5.74, 6) is 3.90. The summed E-state index contributed by atoms with van der Waals surface area (Å²) in [6.07, 6.45) is 8.21. The van der Waals surface area contributed by atoms with Crippen molar-refractivity contribution in [2.75, 3.05) is 46.2 Å². The van der Waals surface area contributed by atoms with Gasteiger partial charge in [0.15, 0.2) is 0 Å². The van der Waals surface area contributed by atoms with E-state index in [1.54, 1.807) is 0 Å². The molecular formula is C37H60ClNO6. The Morgan fingerprint density at radius 2 is 1.11 bits per heavy atom. The van der Waals surface area contributed by atoms with Crippen molar-refractivity contribution >= 4 is 12.4 Å². The first-order valence-corrected chi connectivity index (χ1v) is 16.9. The molecule has 0 spiro atoms. The van der Waals surface area contributed by atoms with Gasteiger partial charge in [0.1, 0.15) is 30.8 Å². The fourth-order valence-electron chi connectivity index (χ4n) is 4.38. The van der Waals surface area contributed by atoms with Crippen molar-refractivity contribution in [3.63, 3.8) is 0 Å². The van der Waals surface area contributed by atoms with Gasteiger partial charge in [0.2, 0.25) is 0 Å². The number of hydrogen-bond donors (Lipinski definition) is 3. The molecule has 2 fully saturated rings. The van der Waals surface area contributed by atoms with Crippen molar-refractivity contribution < 1.29 is 29.2 Å². The van der Waals surface area contributed by atoms with Crippen molar-refractivity contribution in [2.45, 2.75) is 97.3 Å². The molecule has 0 heterocycles. The third-order valence-corrected chi connectivity index (χ3v) is 7.74. The number of nitrogens with one attached hydrogen (secondary N) is 1. The minimum Gasteiger partial charge on any atom is -0.491 e. The lowest BCUT2D eigenvalue weighted by Gasteiger charge is -2.15. The molecule has 8 heteroatoms. The van der Waals surface area contributed by atoms with Crippen LogP contribution >= 0.6 is 12.4 Å². The Morgan fingerprint density at radius 3 is 1.51 bits per heavy atom. The van der Waals surface area contributed by atoms with Crippen LogP contribution < -0.4 is 14.8 Å². The molecule has 3 N–H and O–H groups in total. The molecule has 2 aliphatic carbocycles. The lowest BCUT2D eigenvalue weighted by atomic mass is 10.1. The third kappa shape index (κ3) is 20.1. The van der Waals surface area contributed by atoms with Gasteiger partial charge in [-0.2, -0.15) is 0 Å². The number of benzene rings is 2. The Bertz CT molecular complexity index is 913. The zero-order chi connectivity index (χ0) is 31.6. The standard InChI is InChI=1S/C19H30O3.C18H29NO3.ClH/c1-15(2)3-8-18(20)14-22-19-9-6-16(7-10-19)11-12-21-13-17-4-5-17;1-14(2)19-11-17(20)13-22-18-7-5-15(6-8-18)9-10-21-12-16-3-4-16;/h6-7,9-10,15,17-18,20H,3-5,8,11-14H2,1-2H3;5-8,14,16-17,19-20H,3-4,9-13H2,1-2H3;1H. The molecule has 2 saturated carbocycles. The van der Waals surface area contributed by atoms with Crippen molar-refractivity contribution in [2.24, 2.45) is 17.8 Å². The van der Waals surface area contributed by atoms with E-state index in [-0.39, 0.29) is 18.5 Å². The quantitative estimate of drug-likeness (QED) is 0.123. The van der Waals surface area contributed by atoms with Crippen LogP contribution in [0.3, 0.4) is 0 Å². The fourth-order valence-corrected chi connectivity index (χ4v) is 4.38. The monoisotopic (exact) mass is 649 g/mol. The van der Waals surface area contributed by atoms with Crippen molar-refractivity contribution in [1.82, 2.24) is 5.32 Å². The van der Waals surface area contributed by atoms with Crippen molar-refractivity contribution in [1.29, 1.82) is 0 Å². The molecular weight excluding hydrogens is 590 g/mol. The summed E-state index contributed by atoms with van der Waals surface area (Å²) in [7, 11) is 0. The summed E-state index contributed by atoms with van der Waals surface area (Å²) in [6.45, 7) is 13.1. The van der Waals surface area contributed by atoms with E-state index in [1.165, 1.54) is 36.8 Å². The predicted molar refractivity (Wildman–Crippen MR) is 185 cm³/mol. The highest BCUT2D eigenvalue weighted by atomic mass is 35.5. The largest absolute Gasteiger partial charge is 0.491 e. The van der Waals surface area contributed by atoms with Crippen LogP contribution in [0.15, 0.2) is 48.5 Å². The normalized spacial score (nSPS) is 15.6. The van der Waals surface area contributed by atoms with Crippen LogP contribution in [-0.4, -0.2) is 74.6 Å². The van der Waals surface area contributed by atoms with E-state index in [0.717, 1.165) is 75.4 Å². The third-order valence-electron chi connectivity index (χ3n) is 7.74. The summed E-state index contributed by atoms with van der Waals surface area (Å²) >= 11 is 0. The average molecular weight is 650 g/mol. The SMILES string of the molecule is CC(C)CCC(O)COc1ccc(CCOCC2CC2)cc1.CC(C)NCC(O)COc1ccc(CCOCC2CC2)cc1.Cl. The molecule has 2 aromatic carbocycles. The highest BCUT2D eigenvalue weighted by Crippen LogP contribution is 2.29. The van der Waals surface area contributed by atoms with Crippen LogP contribution in [0.25, 0.3) is 0 Å². The Morgan fingerprint density at radius 1 is 0.667 bits per heavy atom. The van der Waals surface area contributed by atoms with E-state index in [1.807, 2.05) is 24.3 Å². The van der Waals surface area contributed by atoms with Crippen LogP contribution in [0.2, 0.25) is 0 Å². The number of aliphatic hydroxyl groups is 2. The molecule has 2 unspecified atom stereocenters. The van der Waals surface area contributed by atoms with E-state index in [2.05, 4.69) is 57.3 Å². The van der Waals surface area contributed by atoms with Gasteiger partial charge in [-0.25, -0.2) is 0 Å². The molecule has 0 aromatic heterocycles. The van der Waals surface area contributed by atoms with E-state index in [4.69, 9.17) is 18.9 Å². The first-order chi connectivity index (χ1) is 21.3. The maximum absolute atomic E-state index is 9.87. The maximum Gasteiger partial charge on any atom is 0.119 e. The summed E-state index contributed by atoms with van der Waals surface area (Å²) < 4.78 is 22.5. The van der Waals surface area contributed by atoms with Crippen LogP contribution in [0.4, 0.5) is 0 Å². The van der Waals surface area contributed by atoms with Gasteiger partial charge >= 0.3 is 0 Å². The molecule has 0 aliphatic heterocycles. The van der Waals surface area contributed by atoms with Crippen LogP contribution in [0.5, 0.6) is 11.5 Å². The van der Waals surface area contributed by atoms with Crippen molar-refractivity contribution in [3.8, 4) is 11.5 Å². The molecule has 2 atom stereocenters. The second kappa shape index (κ2) is 22.6. The number of hydrogen-bond acceptors (Lipinski definition) is 7. The van der Waals surface area contributed by atoms with E-state index in [0.29, 0.717) is 31.7 Å². The molecule has 0 radical (unpaired) electrons. The highest BCUT2D eigenvalue weighted by Gasteiger charge is 2.21. The highest BCUT2D eigenvalue weighted by molar-refractivity contribution is 5.85. The van der Waals surface area contributed by atoms with Crippen LogP contribution in [0.1, 0.15) is 77.3 Å². The minimum atomic E-state index is -0.488. The van der Waals surface area contributed by atoms with Gasteiger partial charge in [-0.3, -0.25) is 0 Å².